The lowest BCUT2D eigenvalue weighted by Crippen LogP contribution is -2.54. The molecular weight excluding hydrogens is 200 g/mol. The van der Waals surface area contributed by atoms with E-state index in [1.807, 2.05) is 20.9 Å². The van der Waals surface area contributed by atoms with E-state index in [0.717, 1.165) is 24.7 Å². The van der Waals surface area contributed by atoms with Gasteiger partial charge in [0.1, 0.15) is 0 Å². The van der Waals surface area contributed by atoms with E-state index in [2.05, 4.69) is 24.5 Å². The van der Waals surface area contributed by atoms with Crippen molar-refractivity contribution in [3.8, 4) is 0 Å². The average Bonchev–Trinajstić information content (AvgIpc) is 2.23. The van der Waals surface area contributed by atoms with Crippen LogP contribution in [0.2, 0.25) is 0 Å². The Balaban J connectivity index is 2.47. The minimum absolute atomic E-state index is 0.113. The number of carbonyl (C=O) groups excluding carboxylic acids is 1. The average molecular weight is 226 g/mol. The third-order valence-corrected chi connectivity index (χ3v) is 4.13. The maximum absolute atomic E-state index is 12.0. The number of carbonyl (C=O) groups is 1. The summed E-state index contributed by atoms with van der Waals surface area (Å²) in [5, 5.41) is 6.20. The minimum atomic E-state index is -0.466. The molecule has 0 spiro atoms. The van der Waals surface area contributed by atoms with Crippen molar-refractivity contribution in [3.05, 3.63) is 0 Å². The number of rotatable bonds is 3. The highest BCUT2D eigenvalue weighted by Crippen LogP contribution is 2.29. The number of amides is 1. The fraction of sp³-hybridized carbons (Fsp3) is 0.923. The van der Waals surface area contributed by atoms with Crippen LogP contribution in [-0.2, 0) is 4.79 Å². The molecule has 0 saturated heterocycles. The van der Waals surface area contributed by atoms with Crippen LogP contribution in [-0.4, -0.2) is 24.5 Å². The summed E-state index contributed by atoms with van der Waals surface area (Å²) in [5.74, 6) is 1.63. The van der Waals surface area contributed by atoms with Crippen LogP contribution in [0.1, 0.15) is 47.0 Å². The third-order valence-electron chi connectivity index (χ3n) is 4.13. The Bertz CT molecular complexity index is 250. The van der Waals surface area contributed by atoms with Crippen LogP contribution in [0, 0.1) is 11.8 Å². The lowest BCUT2D eigenvalue weighted by atomic mass is 9.79. The predicted molar refractivity (Wildman–Crippen MR) is 67.2 cm³/mol. The van der Waals surface area contributed by atoms with E-state index in [4.69, 9.17) is 0 Å². The first-order valence-electron chi connectivity index (χ1n) is 6.36. The first kappa shape index (κ1) is 13.5. The summed E-state index contributed by atoms with van der Waals surface area (Å²) in [5.41, 5.74) is -0.466. The Labute approximate surface area is 99.4 Å². The molecule has 3 unspecified atom stereocenters. The zero-order chi connectivity index (χ0) is 12.3. The van der Waals surface area contributed by atoms with Crippen molar-refractivity contribution in [2.75, 3.05) is 7.05 Å². The molecule has 94 valence electrons. The zero-order valence-electron chi connectivity index (χ0n) is 11.3. The van der Waals surface area contributed by atoms with Gasteiger partial charge in [0.05, 0.1) is 5.54 Å². The smallest absolute Gasteiger partial charge is 0.239 e. The minimum Gasteiger partial charge on any atom is -0.352 e. The molecule has 2 N–H and O–H groups in total. The summed E-state index contributed by atoms with van der Waals surface area (Å²) in [6.07, 6.45) is 3.47. The summed E-state index contributed by atoms with van der Waals surface area (Å²) in [6, 6.07) is 0.367. The zero-order valence-corrected chi connectivity index (χ0v) is 11.3. The van der Waals surface area contributed by atoms with E-state index < -0.39 is 5.54 Å². The molecule has 3 nitrogen and oxygen atoms in total. The Kier molecular flexibility index (Phi) is 4.36. The number of likely N-dealkylation sites (N-methyl/N-ethyl adjacent to an activating group) is 1. The molecule has 0 bridgehead atoms. The van der Waals surface area contributed by atoms with Gasteiger partial charge in [-0.3, -0.25) is 4.79 Å². The van der Waals surface area contributed by atoms with Gasteiger partial charge < -0.3 is 10.6 Å². The molecule has 0 aromatic heterocycles. The lowest BCUT2D eigenvalue weighted by molar-refractivity contribution is -0.127. The fourth-order valence-electron chi connectivity index (χ4n) is 2.16. The Morgan fingerprint density at radius 2 is 1.81 bits per heavy atom. The normalized spacial score (nSPS) is 31.2. The van der Waals surface area contributed by atoms with E-state index in [1.54, 1.807) is 0 Å². The highest BCUT2D eigenvalue weighted by atomic mass is 16.2. The van der Waals surface area contributed by atoms with Gasteiger partial charge in [-0.15, -0.1) is 0 Å². The highest BCUT2D eigenvalue weighted by molar-refractivity contribution is 5.85. The second kappa shape index (κ2) is 5.17. The summed E-state index contributed by atoms with van der Waals surface area (Å²) < 4.78 is 0. The summed E-state index contributed by atoms with van der Waals surface area (Å²) >= 11 is 0. The van der Waals surface area contributed by atoms with E-state index in [0.29, 0.717) is 6.04 Å². The quantitative estimate of drug-likeness (QED) is 0.772. The van der Waals surface area contributed by atoms with E-state index in [9.17, 15) is 4.79 Å². The van der Waals surface area contributed by atoms with E-state index in [-0.39, 0.29) is 5.91 Å². The van der Waals surface area contributed by atoms with E-state index >= 15 is 0 Å². The van der Waals surface area contributed by atoms with Gasteiger partial charge in [-0.1, -0.05) is 13.8 Å². The Hall–Kier alpha value is -0.570. The van der Waals surface area contributed by atoms with Gasteiger partial charge in [0.15, 0.2) is 0 Å². The lowest BCUT2D eigenvalue weighted by Gasteiger charge is -2.34. The molecular formula is C13H26N2O. The number of hydrogen-bond acceptors (Lipinski definition) is 2. The van der Waals surface area contributed by atoms with Crippen LogP contribution >= 0.6 is 0 Å². The molecule has 3 heteroatoms. The number of nitrogens with one attached hydrogen (secondary N) is 2. The highest BCUT2D eigenvalue weighted by Gasteiger charge is 2.30. The molecule has 1 aliphatic carbocycles. The van der Waals surface area contributed by atoms with Gasteiger partial charge in [0.25, 0.3) is 0 Å². The van der Waals surface area contributed by atoms with Gasteiger partial charge in [-0.25, -0.2) is 0 Å². The molecule has 1 rings (SSSR count). The van der Waals surface area contributed by atoms with Gasteiger partial charge in [-0.05, 0) is 52.0 Å². The molecule has 1 fully saturated rings. The van der Waals surface area contributed by atoms with Gasteiger partial charge in [-0.2, -0.15) is 0 Å². The van der Waals surface area contributed by atoms with Crippen molar-refractivity contribution in [2.24, 2.45) is 11.8 Å². The molecule has 1 saturated carbocycles. The van der Waals surface area contributed by atoms with Crippen LogP contribution in [0.3, 0.4) is 0 Å². The van der Waals surface area contributed by atoms with Gasteiger partial charge >= 0.3 is 0 Å². The Morgan fingerprint density at radius 1 is 1.19 bits per heavy atom. The molecule has 1 aliphatic rings. The van der Waals surface area contributed by atoms with Crippen LogP contribution in [0.5, 0.6) is 0 Å². The van der Waals surface area contributed by atoms with E-state index in [1.165, 1.54) is 6.42 Å². The van der Waals surface area contributed by atoms with Crippen molar-refractivity contribution in [1.29, 1.82) is 0 Å². The molecule has 0 heterocycles. The maximum atomic E-state index is 12.0. The topological polar surface area (TPSA) is 41.1 Å². The molecule has 3 atom stereocenters. The Morgan fingerprint density at radius 3 is 2.31 bits per heavy atom. The van der Waals surface area contributed by atoms with Crippen molar-refractivity contribution in [1.82, 2.24) is 10.6 Å². The van der Waals surface area contributed by atoms with Crippen LogP contribution in [0.15, 0.2) is 0 Å². The second-order valence-electron chi connectivity index (χ2n) is 5.81. The van der Waals surface area contributed by atoms with Gasteiger partial charge in [0, 0.05) is 6.04 Å². The standard InChI is InChI=1S/C13H26N2O/c1-9-6-7-11(8-10(9)2)15-12(16)13(3,4)14-5/h9-11,14H,6-8H2,1-5H3,(H,15,16). The van der Waals surface area contributed by atoms with Crippen LogP contribution < -0.4 is 10.6 Å². The fourth-order valence-corrected chi connectivity index (χ4v) is 2.16. The molecule has 1 amide bonds. The summed E-state index contributed by atoms with van der Waals surface area (Å²) in [4.78, 5) is 12.0. The first-order valence-corrected chi connectivity index (χ1v) is 6.36. The van der Waals surface area contributed by atoms with Crippen molar-refractivity contribution in [3.63, 3.8) is 0 Å². The molecule has 0 radical (unpaired) electrons. The van der Waals surface area contributed by atoms with Crippen LogP contribution in [0.4, 0.5) is 0 Å². The second-order valence-corrected chi connectivity index (χ2v) is 5.81. The molecule has 0 aromatic rings. The summed E-state index contributed by atoms with van der Waals surface area (Å²) in [6.45, 7) is 8.42. The third kappa shape index (κ3) is 3.21. The summed E-state index contributed by atoms with van der Waals surface area (Å²) in [7, 11) is 1.82. The first-order chi connectivity index (χ1) is 7.36. The predicted octanol–water partition coefficient (Wildman–Crippen LogP) is 1.93. The molecule has 0 aliphatic heterocycles. The molecule has 0 aromatic carbocycles. The van der Waals surface area contributed by atoms with Crippen molar-refractivity contribution < 1.29 is 4.79 Å². The largest absolute Gasteiger partial charge is 0.352 e. The van der Waals surface area contributed by atoms with Crippen molar-refractivity contribution >= 4 is 5.91 Å². The molecule has 16 heavy (non-hydrogen) atoms. The monoisotopic (exact) mass is 226 g/mol. The van der Waals surface area contributed by atoms with Gasteiger partial charge in [0.2, 0.25) is 5.91 Å². The SMILES string of the molecule is CNC(C)(C)C(=O)NC1CCC(C)C(C)C1. The van der Waals surface area contributed by atoms with Crippen LogP contribution in [0.25, 0.3) is 0 Å². The maximum Gasteiger partial charge on any atom is 0.239 e. The van der Waals surface area contributed by atoms with Crippen molar-refractivity contribution in [2.45, 2.75) is 58.5 Å². The number of hydrogen-bond donors (Lipinski definition) is 2.